The van der Waals surface area contributed by atoms with Crippen molar-refractivity contribution in [1.82, 2.24) is 13.9 Å². The van der Waals surface area contributed by atoms with Crippen LogP contribution in [0.2, 0.25) is 0 Å². The van der Waals surface area contributed by atoms with E-state index in [1.165, 1.54) is 44.1 Å². The molecule has 5 nitrogen and oxygen atoms in total. The van der Waals surface area contributed by atoms with Gasteiger partial charge < -0.3 is 0 Å². The van der Waals surface area contributed by atoms with Crippen LogP contribution in [0.1, 0.15) is 96.7 Å². The number of aromatic nitrogens is 3. The van der Waals surface area contributed by atoms with E-state index in [0.29, 0.717) is 17.8 Å². The largest absolute Gasteiger partial charge is 0.348 e. The molecule has 0 unspecified atom stereocenters. The second kappa shape index (κ2) is 5.77. The fourth-order valence-electron chi connectivity index (χ4n) is 8.86. The highest BCUT2D eigenvalue weighted by Crippen LogP contribution is 2.69. The lowest BCUT2D eigenvalue weighted by atomic mass is 9.60. The molecule has 5 heteroatoms. The maximum absolute atomic E-state index is 14.0. The molecule has 0 radical (unpaired) electrons. The first-order valence-corrected chi connectivity index (χ1v) is 12.7. The molecule has 0 N–H and O–H groups in total. The SMILES string of the molecule is CC1(C)[C@@H]2CC[C@]1(C)[C@H](n1c(=O)n3n(c1=O)[C@H]1C4=C[C@H]3[C@H]3C(=C[C@H]31)CCCCCC4)C2. The summed E-state index contributed by atoms with van der Waals surface area (Å²) >= 11 is 0. The predicted molar refractivity (Wildman–Crippen MR) is 120 cm³/mol. The molecule has 0 saturated heterocycles. The molecule has 1 aromatic heterocycles. The minimum Gasteiger partial charge on any atom is -0.246 e. The van der Waals surface area contributed by atoms with Crippen molar-refractivity contribution in [3.8, 4) is 0 Å². The monoisotopic (exact) mass is 421 g/mol. The molecule has 1 aromatic rings. The van der Waals surface area contributed by atoms with Crippen molar-refractivity contribution >= 4 is 0 Å². The summed E-state index contributed by atoms with van der Waals surface area (Å²) in [5, 5.41) is 0. The van der Waals surface area contributed by atoms with Crippen LogP contribution in [0.15, 0.2) is 32.9 Å². The zero-order chi connectivity index (χ0) is 21.3. The second-order valence-corrected chi connectivity index (χ2v) is 12.2. The lowest BCUT2D eigenvalue weighted by Crippen LogP contribution is -2.53. The van der Waals surface area contributed by atoms with Crippen LogP contribution in [0.25, 0.3) is 0 Å². The van der Waals surface area contributed by atoms with Crippen molar-refractivity contribution in [2.75, 3.05) is 0 Å². The first-order chi connectivity index (χ1) is 14.8. The van der Waals surface area contributed by atoms with Crippen molar-refractivity contribution in [1.29, 1.82) is 0 Å². The Morgan fingerprint density at radius 2 is 1.61 bits per heavy atom. The van der Waals surface area contributed by atoms with Gasteiger partial charge in [0.15, 0.2) is 0 Å². The summed E-state index contributed by atoms with van der Waals surface area (Å²) in [5.41, 5.74) is 3.10. The Kier molecular flexibility index (Phi) is 3.49. The molecule has 8 rings (SSSR count). The van der Waals surface area contributed by atoms with E-state index in [-0.39, 0.29) is 40.3 Å². The highest BCUT2D eigenvalue weighted by molar-refractivity contribution is 5.38. The van der Waals surface area contributed by atoms with Crippen LogP contribution < -0.4 is 11.4 Å². The number of rotatable bonds is 1. The molecule has 0 aromatic carbocycles. The van der Waals surface area contributed by atoms with Crippen molar-refractivity contribution in [2.24, 2.45) is 28.6 Å². The molecule has 2 aliphatic heterocycles. The third kappa shape index (κ3) is 2.01. The molecule has 5 aliphatic carbocycles. The predicted octanol–water partition coefficient (Wildman–Crippen LogP) is 4.76. The highest BCUT2D eigenvalue weighted by Gasteiger charge is 2.63. The van der Waals surface area contributed by atoms with E-state index in [1.54, 1.807) is 10.1 Å². The van der Waals surface area contributed by atoms with E-state index in [2.05, 4.69) is 32.9 Å². The summed E-state index contributed by atoms with van der Waals surface area (Å²) in [6.45, 7) is 7.06. The Morgan fingerprint density at radius 1 is 0.903 bits per heavy atom. The lowest BCUT2D eigenvalue weighted by molar-refractivity contribution is 0.103. The Morgan fingerprint density at radius 3 is 2.29 bits per heavy atom. The first kappa shape index (κ1) is 18.8. The fourth-order valence-corrected chi connectivity index (χ4v) is 8.86. The summed E-state index contributed by atoms with van der Waals surface area (Å²) < 4.78 is 5.52. The van der Waals surface area contributed by atoms with E-state index in [0.717, 1.165) is 19.3 Å². The second-order valence-electron chi connectivity index (χ2n) is 12.2. The fraction of sp³-hybridized carbons (Fsp3) is 0.769. The Hall–Kier alpha value is -1.78. The summed E-state index contributed by atoms with van der Waals surface area (Å²) in [4.78, 5) is 27.9. The summed E-state index contributed by atoms with van der Waals surface area (Å²) in [6.07, 6.45) is 15.5. The van der Waals surface area contributed by atoms with Gasteiger partial charge in [0.2, 0.25) is 0 Å². The molecular formula is C26H35N3O2. The lowest BCUT2D eigenvalue weighted by Gasteiger charge is -2.53. The van der Waals surface area contributed by atoms with Gasteiger partial charge in [-0.05, 0) is 67.3 Å². The van der Waals surface area contributed by atoms with Gasteiger partial charge in [0, 0.05) is 17.9 Å². The van der Waals surface area contributed by atoms with Crippen LogP contribution in [0, 0.1) is 28.6 Å². The molecule has 166 valence electrons. The number of hydrogen-bond acceptors (Lipinski definition) is 2. The van der Waals surface area contributed by atoms with Gasteiger partial charge in [0.1, 0.15) is 0 Å². The number of nitrogens with zero attached hydrogens (tertiary/aromatic N) is 3. The van der Waals surface area contributed by atoms with Gasteiger partial charge in [-0.15, -0.1) is 0 Å². The number of fused-ring (bicyclic) bond motifs is 2. The van der Waals surface area contributed by atoms with Gasteiger partial charge in [0.25, 0.3) is 0 Å². The first-order valence-electron chi connectivity index (χ1n) is 12.7. The van der Waals surface area contributed by atoms with Gasteiger partial charge in [-0.2, -0.15) is 0 Å². The Labute approximate surface area is 183 Å². The molecule has 6 bridgehead atoms. The van der Waals surface area contributed by atoms with E-state index in [1.807, 2.05) is 9.36 Å². The van der Waals surface area contributed by atoms with Gasteiger partial charge in [-0.3, -0.25) is 0 Å². The van der Waals surface area contributed by atoms with Crippen molar-refractivity contribution in [2.45, 2.75) is 96.7 Å². The van der Waals surface area contributed by atoms with E-state index in [9.17, 15) is 9.59 Å². The molecule has 3 heterocycles. The zero-order valence-corrected chi connectivity index (χ0v) is 19.1. The standard InChI is InChI=1S/C26H35N3O2/c1-25(2)17-10-11-26(25,3)20(14-17)27-23(30)28-19-13-16-9-7-5-4-6-8-15-12-18(21(15)19)22(16)29(28)24(27)31/h12-13,17-22H,4-11,14H2,1-3H3/t17-,18-,19+,20-,21+,22+,26-/m1/s1. The van der Waals surface area contributed by atoms with Crippen LogP contribution in [-0.2, 0) is 0 Å². The molecule has 0 amide bonds. The average molecular weight is 422 g/mol. The minimum atomic E-state index is -0.0375. The van der Waals surface area contributed by atoms with E-state index >= 15 is 0 Å². The maximum atomic E-state index is 14.0. The van der Waals surface area contributed by atoms with Crippen molar-refractivity contribution < 1.29 is 0 Å². The van der Waals surface area contributed by atoms with Crippen LogP contribution in [0.4, 0.5) is 0 Å². The highest BCUT2D eigenvalue weighted by atomic mass is 16.2. The quantitative estimate of drug-likeness (QED) is 0.614. The van der Waals surface area contributed by atoms with Crippen molar-refractivity contribution in [3.63, 3.8) is 0 Å². The molecule has 31 heavy (non-hydrogen) atoms. The smallest absolute Gasteiger partial charge is 0.246 e. The normalized spacial score (nSPS) is 43.8. The average Bonchev–Trinajstić information content (AvgIpc) is 3.15. The van der Waals surface area contributed by atoms with Gasteiger partial charge in [0.05, 0.1) is 12.1 Å². The molecule has 2 saturated carbocycles. The Balaban J connectivity index is 1.39. The maximum Gasteiger partial charge on any atom is 0.348 e. The van der Waals surface area contributed by atoms with Gasteiger partial charge >= 0.3 is 11.4 Å². The third-order valence-electron chi connectivity index (χ3n) is 11.1. The molecule has 7 atom stereocenters. The van der Waals surface area contributed by atoms with E-state index in [4.69, 9.17) is 0 Å². The summed E-state index contributed by atoms with van der Waals surface area (Å²) in [6, 6.07) is 0.153. The zero-order valence-electron chi connectivity index (χ0n) is 19.1. The minimum absolute atomic E-state index is 0.0251. The molecule has 7 aliphatic rings. The van der Waals surface area contributed by atoms with Gasteiger partial charge in [-0.25, -0.2) is 23.5 Å². The van der Waals surface area contributed by atoms with Crippen LogP contribution in [0.5, 0.6) is 0 Å². The van der Waals surface area contributed by atoms with Crippen LogP contribution >= 0.6 is 0 Å². The summed E-state index contributed by atoms with van der Waals surface area (Å²) in [5.74, 6) is 1.47. The van der Waals surface area contributed by atoms with E-state index < -0.39 is 0 Å². The molecule has 0 spiro atoms. The third-order valence-corrected chi connectivity index (χ3v) is 11.1. The topological polar surface area (TPSA) is 48.9 Å². The molecule has 2 fully saturated rings. The molecular weight excluding hydrogens is 386 g/mol. The number of allylic oxidation sites excluding steroid dienone is 4. The van der Waals surface area contributed by atoms with Crippen molar-refractivity contribution in [3.05, 3.63) is 44.3 Å². The van der Waals surface area contributed by atoms with Gasteiger partial charge in [-0.1, -0.05) is 51.3 Å². The summed E-state index contributed by atoms with van der Waals surface area (Å²) in [7, 11) is 0. The van der Waals surface area contributed by atoms with Crippen LogP contribution in [0.3, 0.4) is 0 Å². The Bertz CT molecular complexity index is 1160. The number of hydrogen-bond donors (Lipinski definition) is 0. The van der Waals surface area contributed by atoms with Crippen LogP contribution in [-0.4, -0.2) is 13.9 Å².